The molecule has 5 radical (unpaired) electrons. The molecule has 139 heavy (non-hydrogen) atoms. The van der Waals surface area contributed by atoms with E-state index < -0.39 is 0 Å². The standard InChI is InChI=1S/C29H21N2S.C24H25N2O.C23H16N3S.C21H22N3O.C20H19N2S.5Ir/c1-4-11-21(12-5-1)25-19-20-30-31(25)26-18-10-17-24-27(22-13-6-2-7-14-22)28(32-29(24)26)23-15-8-3-9-16-23;1-15-13-16(2)22(17(3)14-15)23-19-8-4-5-9-20(19)25-26(23)21-10-6-7-18-11-12-27-24(18)21;1-16-6-2-3-10-20(16)26-13-12-25-23(26)19-9-4-7-17-14-21(27-22(17)19)18-8-5-11-24-15-18;1-12-10-13(2)19(14(3)11-12)17-7-9-23-24(17)18-6-8-22-20-15(4)16(5)25-21(18)20;1-13-11-14(2)19(15(3)12-13)17-7-9-21-22(17)18-6-4-5-16-8-10-23-20(16)18;;;;;/h1-17,19-20,27-28H;6-7,13-14H,4-5,8-9,11-12H2,1-3H3;2-8,10-15H,1H3;7-11,15-16H,1-5H3;4-5,7,9,11-12H,8,10H2,1-3H3;;;;;/q5*-1;;;;;. The number of thioether (sulfide) groups is 2. The number of para-hydroxylation sites is 1. The second-order valence-corrected chi connectivity index (χ2v) is 38.8. The first-order valence-corrected chi connectivity index (χ1v) is 48.8. The predicted molar refractivity (Wildman–Crippen MR) is 545 cm³/mol. The van der Waals surface area contributed by atoms with Crippen LogP contribution < -0.4 is 9.47 Å². The van der Waals surface area contributed by atoms with Gasteiger partial charge in [-0.1, -0.05) is 214 Å². The Kier molecular flexibility index (Phi) is 33.6. The minimum atomic E-state index is 0. The molecule has 0 saturated carbocycles. The molecule has 711 valence electrons. The second-order valence-electron chi connectivity index (χ2n) is 35.4. The van der Waals surface area contributed by atoms with Crippen molar-refractivity contribution in [3.05, 3.63) is 417 Å². The largest absolute Gasteiger partial charge is 0.572 e. The molecule has 8 aromatic heterocycles. The third-order valence-electron chi connectivity index (χ3n) is 26.1. The summed E-state index contributed by atoms with van der Waals surface area (Å²) in [5.41, 5.74) is 39.9. The quantitative estimate of drug-likeness (QED) is 0.102. The molecule has 0 N–H and O–H groups in total. The van der Waals surface area contributed by atoms with Crippen molar-refractivity contribution in [2.45, 2.75) is 155 Å². The first kappa shape index (κ1) is 103. The van der Waals surface area contributed by atoms with Gasteiger partial charge in [0.05, 0.1) is 47.0 Å². The van der Waals surface area contributed by atoms with Crippen LogP contribution in [0, 0.1) is 99.6 Å². The van der Waals surface area contributed by atoms with Crippen molar-refractivity contribution < 1.29 is 110 Å². The summed E-state index contributed by atoms with van der Waals surface area (Å²) < 4.78 is 23.6. The predicted octanol–water partition coefficient (Wildman–Crippen LogP) is 27.8. The molecule has 4 atom stereocenters. The summed E-state index contributed by atoms with van der Waals surface area (Å²) in [5.74, 6) is 4.37. The van der Waals surface area contributed by atoms with Gasteiger partial charge in [-0.15, -0.1) is 34.9 Å². The van der Waals surface area contributed by atoms with Crippen LogP contribution in [0.4, 0.5) is 0 Å². The Balaban J connectivity index is 0.000000131. The molecule has 0 bridgehead atoms. The van der Waals surface area contributed by atoms with Gasteiger partial charge in [0.15, 0.2) is 0 Å². The number of benzene rings is 11. The van der Waals surface area contributed by atoms with Crippen molar-refractivity contribution in [2.75, 3.05) is 12.4 Å². The van der Waals surface area contributed by atoms with Crippen LogP contribution in [-0.2, 0) is 126 Å². The van der Waals surface area contributed by atoms with E-state index in [4.69, 9.17) is 19.7 Å². The number of thiophene rings is 1. The molecule has 0 spiro atoms. The molecule has 1 aliphatic carbocycles. The molecule has 0 fully saturated rings. The molecule has 19 aromatic rings. The number of ether oxygens (including phenoxy) is 2. The van der Waals surface area contributed by atoms with Crippen LogP contribution in [0.5, 0.6) is 11.5 Å². The molecule has 4 aliphatic heterocycles. The molecule has 4 unspecified atom stereocenters. The Morgan fingerprint density at radius 1 is 0.446 bits per heavy atom. The van der Waals surface area contributed by atoms with Gasteiger partial charge in [-0.25, -0.2) is 6.07 Å². The zero-order valence-corrected chi connectivity index (χ0v) is 93.6. The van der Waals surface area contributed by atoms with Gasteiger partial charge in [-0.3, -0.25) is 33.7 Å². The van der Waals surface area contributed by atoms with Gasteiger partial charge in [-0.05, 0) is 223 Å². The first-order valence-electron chi connectivity index (χ1n) is 46.2. The van der Waals surface area contributed by atoms with Crippen molar-refractivity contribution in [2.24, 2.45) is 0 Å². The topological polar surface area (TPSA) is 133 Å². The molecule has 5 aliphatic rings. The molecule has 0 amide bonds. The molecule has 12 heterocycles. The molecule has 0 saturated heterocycles. The van der Waals surface area contributed by atoms with Crippen LogP contribution in [0.3, 0.4) is 0 Å². The Bertz CT molecular complexity index is 7490. The SMILES string of the molecule is Cc1cc(C)c(-c2c3c(nn2-c2[c-]ccc4c2OCC4)CCCC3)c(C)c1.Cc1cc(C)c(-c2ccnn2-c2[c-]ccc3c2SCC3)c(C)c1.Cc1cc(C)c(-c2ccnn2-c2[c-]cnc3c2OC(C)C3C)c(C)c1.Cc1ccccc1-n1ccnc1-c1[c-]ccc2cc(-c3cccnc3)sc12.[Ir].[Ir].[Ir].[Ir].[Ir].[c-]1ccc2c(c1-n1nccc1-c1ccccc1)SC(c1ccccc1)C2c1ccccc1. The summed E-state index contributed by atoms with van der Waals surface area (Å²) in [6.07, 6.45) is 21.7. The maximum Gasteiger partial charge on any atom is 0.0796 e. The van der Waals surface area contributed by atoms with Gasteiger partial charge in [0, 0.05) is 222 Å². The van der Waals surface area contributed by atoms with Crippen LogP contribution in [0.2, 0.25) is 0 Å². The van der Waals surface area contributed by atoms with Crippen LogP contribution in [0.1, 0.15) is 144 Å². The number of aromatic nitrogens is 12. The van der Waals surface area contributed by atoms with Gasteiger partial charge in [0.25, 0.3) is 0 Å². The maximum atomic E-state index is 6.09. The summed E-state index contributed by atoms with van der Waals surface area (Å²) in [4.78, 5) is 17.2. The van der Waals surface area contributed by atoms with Crippen LogP contribution in [0.15, 0.2) is 296 Å². The average Bonchev–Trinajstić information content (AvgIpc) is 1.60. The van der Waals surface area contributed by atoms with E-state index in [1.807, 2.05) is 106 Å². The smallest absolute Gasteiger partial charge is 0.0796 e. The summed E-state index contributed by atoms with van der Waals surface area (Å²) in [6.45, 7) is 26.6. The number of imidazole rings is 1. The number of rotatable bonds is 13. The molecule has 11 aromatic carbocycles. The number of hydrogen-bond donors (Lipinski definition) is 0. The first-order chi connectivity index (χ1) is 65.5. The van der Waals surface area contributed by atoms with E-state index in [9.17, 15) is 0 Å². The second kappa shape index (κ2) is 45.5. The van der Waals surface area contributed by atoms with E-state index in [2.05, 4.69) is 353 Å². The van der Waals surface area contributed by atoms with Gasteiger partial charge in [-0.2, -0.15) is 110 Å². The van der Waals surface area contributed by atoms with Crippen molar-refractivity contribution in [1.29, 1.82) is 0 Å². The van der Waals surface area contributed by atoms with Crippen LogP contribution >= 0.6 is 34.9 Å². The third kappa shape index (κ3) is 20.9. The van der Waals surface area contributed by atoms with E-state index in [0.29, 0.717) is 5.25 Å². The Morgan fingerprint density at radius 3 is 1.65 bits per heavy atom. The van der Waals surface area contributed by atoms with Crippen molar-refractivity contribution in [3.8, 4) is 107 Å². The number of fused-ring (bicyclic) bond motifs is 6. The number of aryl methyl sites for hydroxylation is 12. The molecular formula is C117H103Ir5N12O2S3-5. The van der Waals surface area contributed by atoms with Crippen LogP contribution in [-0.4, -0.2) is 77.1 Å². The van der Waals surface area contributed by atoms with Crippen molar-refractivity contribution in [1.82, 2.24) is 58.6 Å². The zero-order chi connectivity index (χ0) is 91.8. The van der Waals surface area contributed by atoms with Gasteiger partial charge >= 0.3 is 0 Å². The Hall–Kier alpha value is -10.7. The molecule has 24 rings (SSSR count). The summed E-state index contributed by atoms with van der Waals surface area (Å²) >= 11 is 5.60. The van der Waals surface area contributed by atoms with E-state index in [1.54, 1.807) is 23.7 Å². The van der Waals surface area contributed by atoms with Crippen molar-refractivity contribution in [3.63, 3.8) is 0 Å². The van der Waals surface area contributed by atoms with E-state index in [1.165, 1.54) is 155 Å². The Labute approximate surface area is 895 Å². The molecule has 14 nitrogen and oxygen atoms in total. The summed E-state index contributed by atoms with van der Waals surface area (Å²) in [6, 6.07) is 100. The minimum Gasteiger partial charge on any atom is -0.572 e. The Morgan fingerprint density at radius 2 is 1.00 bits per heavy atom. The van der Waals surface area contributed by atoms with Crippen LogP contribution in [0.25, 0.3) is 105 Å². The molecular weight excluding hydrogens is 2660 g/mol. The third-order valence-corrected chi connectivity index (χ3v) is 30.0. The van der Waals surface area contributed by atoms with Gasteiger partial charge < -0.3 is 14.0 Å². The summed E-state index contributed by atoms with van der Waals surface area (Å²) in [7, 11) is 0. The fraction of sp³-hybridized carbons (Fsp3) is 0.205. The van der Waals surface area contributed by atoms with E-state index in [0.717, 1.165) is 123 Å². The fourth-order valence-corrected chi connectivity index (χ4v) is 24.0. The van der Waals surface area contributed by atoms with E-state index >= 15 is 0 Å². The monoisotopic (exact) mass is 2770 g/mol. The summed E-state index contributed by atoms with van der Waals surface area (Å²) in [5, 5.41) is 20.5. The minimum absolute atomic E-state index is 0. The van der Waals surface area contributed by atoms with E-state index in [-0.39, 0.29) is 118 Å². The maximum absolute atomic E-state index is 6.09. The van der Waals surface area contributed by atoms with Gasteiger partial charge in [0.2, 0.25) is 0 Å². The molecule has 22 heteroatoms. The number of hydrogen-bond acceptors (Lipinski definition) is 12. The number of pyridine rings is 2. The normalized spacial score (nSPS) is 14.7. The van der Waals surface area contributed by atoms with Crippen molar-refractivity contribution >= 4 is 44.9 Å². The number of nitrogens with zero attached hydrogens (tertiary/aromatic N) is 12. The zero-order valence-electron chi connectivity index (χ0n) is 79.2. The fourth-order valence-electron chi connectivity index (χ4n) is 20.1. The van der Waals surface area contributed by atoms with Gasteiger partial charge in [0.1, 0.15) is 0 Å². The average molecular weight is 2770 g/mol.